The Morgan fingerprint density at radius 3 is 2.57 bits per heavy atom. The maximum Gasteiger partial charge on any atom is 0.336 e. The van der Waals surface area contributed by atoms with Crippen LogP contribution in [0.4, 0.5) is 8.78 Å². The molecule has 76 valence electrons. The first-order chi connectivity index (χ1) is 6.45. The summed E-state index contributed by atoms with van der Waals surface area (Å²) in [4.78, 5) is 23.6. The van der Waals surface area contributed by atoms with Gasteiger partial charge in [0.05, 0.1) is 5.56 Å². The fourth-order valence-corrected chi connectivity index (χ4v) is 1.11. The third kappa shape index (κ3) is 1.63. The van der Waals surface area contributed by atoms with Gasteiger partial charge in [0.1, 0.15) is 0 Å². The number of aromatic nitrogens is 1. The van der Waals surface area contributed by atoms with E-state index in [0.29, 0.717) is 0 Å². The molecule has 0 fully saturated rings. The number of carboxylic acids is 1. The van der Waals surface area contributed by atoms with Crippen LogP contribution in [-0.2, 0) is 0 Å². The van der Waals surface area contributed by atoms with Crippen LogP contribution < -0.4 is 5.56 Å². The van der Waals surface area contributed by atoms with Gasteiger partial charge in [-0.25, -0.2) is 13.6 Å². The second-order valence-corrected chi connectivity index (χ2v) is 2.68. The summed E-state index contributed by atoms with van der Waals surface area (Å²) in [5.74, 6) is -1.52. The number of pyridine rings is 1. The molecule has 0 atom stereocenters. The molecule has 0 bridgehead atoms. The number of hydrogen-bond donors (Lipinski definition) is 2. The van der Waals surface area contributed by atoms with E-state index in [0.717, 1.165) is 6.20 Å². The zero-order chi connectivity index (χ0) is 10.9. The van der Waals surface area contributed by atoms with Crippen molar-refractivity contribution in [1.29, 1.82) is 0 Å². The van der Waals surface area contributed by atoms with Gasteiger partial charge >= 0.3 is 5.97 Å². The summed E-state index contributed by atoms with van der Waals surface area (Å²) in [7, 11) is 0. The van der Waals surface area contributed by atoms with E-state index in [1.807, 2.05) is 4.98 Å². The minimum absolute atomic E-state index is 0.213. The Kier molecular flexibility index (Phi) is 2.64. The molecular weight excluding hydrogens is 196 g/mol. The molecule has 1 heterocycles. The molecule has 2 N–H and O–H groups in total. The molecule has 0 aliphatic rings. The number of carbonyl (C=O) groups is 1. The summed E-state index contributed by atoms with van der Waals surface area (Å²) >= 11 is 0. The number of H-pyrrole nitrogens is 1. The Hall–Kier alpha value is -1.72. The van der Waals surface area contributed by atoms with Crippen LogP contribution in [0.1, 0.15) is 27.9 Å². The molecular formula is C8H7F2NO3. The predicted molar refractivity (Wildman–Crippen MR) is 43.7 cm³/mol. The Morgan fingerprint density at radius 1 is 1.57 bits per heavy atom. The SMILES string of the molecule is Cc1c(C(=O)O)c(C(F)F)c[nH]c1=O. The smallest absolute Gasteiger partial charge is 0.336 e. The van der Waals surface area contributed by atoms with Crippen LogP contribution in [0.3, 0.4) is 0 Å². The van der Waals surface area contributed by atoms with Gasteiger partial charge in [0, 0.05) is 17.3 Å². The first-order valence-electron chi connectivity index (χ1n) is 3.68. The van der Waals surface area contributed by atoms with E-state index in [9.17, 15) is 18.4 Å². The van der Waals surface area contributed by atoms with Crippen LogP contribution in [0.25, 0.3) is 0 Å². The van der Waals surface area contributed by atoms with Gasteiger partial charge in [0.25, 0.3) is 12.0 Å². The lowest BCUT2D eigenvalue weighted by atomic mass is 10.1. The molecule has 0 unspecified atom stereocenters. The molecule has 0 radical (unpaired) electrons. The van der Waals surface area contributed by atoms with Gasteiger partial charge in [0.15, 0.2) is 0 Å². The van der Waals surface area contributed by atoms with E-state index in [1.165, 1.54) is 6.92 Å². The highest BCUT2D eigenvalue weighted by atomic mass is 19.3. The van der Waals surface area contributed by atoms with Crippen LogP contribution in [0.5, 0.6) is 0 Å². The Balaban J connectivity index is 3.54. The van der Waals surface area contributed by atoms with Crippen molar-refractivity contribution in [3.63, 3.8) is 0 Å². The zero-order valence-corrected chi connectivity index (χ0v) is 7.17. The Morgan fingerprint density at radius 2 is 2.14 bits per heavy atom. The molecule has 6 heteroatoms. The normalized spacial score (nSPS) is 10.6. The lowest BCUT2D eigenvalue weighted by molar-refractivity contribution is 0.0683. The van der Waals surface area contributed by atoms with E-state index in [4.69, 9.17) is 5.11 Å². The molecule has 0 aliphatic heterocycles. The standard InChI is InChI=1S/C8H7F2NO3/c1-3-5(8(13)14)4(6(9)10)2-11-7(3)12/h2,6H,1H3,(H,11,12)(H,13,14). The summed E-state index contributed by atoms with van der Waals surface area (Å²) in [5, 5.41) is 8.63. The first-order valence-corrected chi connectivity index (χ1v) is 3.68. The minimum atomic E-state index is -2.92. The average molecular weight is 203 g/mol. The van der Waals surface area contributed by atoms with E-state index in [2.05, 4.69) is 0 Å². The van der Waals surface area contributed by atoms with Gasteiger partial charge in [-0.1, -0.05) is 0 Å². The molecule has 0 saturated carbocycles. The first kappa shape index (κ1) is 10.4. The largest absolute Gasteiger partial charge is 0.478 e. The summed E-state index contributed by atoms with van der Waals surface area (Å²) in [5.41, 5.74) is -2.18. The van der Waals surface area contributed by atoms with Crippen molar-refractivity contribution in [2.45, 2.75) is 13.3 Å². The topological polar surface area (TPSA) is 70.2 Å². The highest BCUT2D eigenvalue weighted by Crippen LogP contribution is 2.22. The van der Waals surface area contributed by atoms with Crippen LogP contribution in [0.15, 0.2) is 11.0 Å². The van der Waals surface area contributed by atoms with E-state index in [-0.39, 0.29) is 5.56 Å². The van der Waals surface area contributed by atoms with Crippen molar-refractivity contribution in [2.75, 3.05) is 0 Å². The van der Waals surface area contributed by atoms with Crippen molar-refractivity contribution in [2.24, 2.45) is 0 Å². The van der Waals surface area contributed by atoms with Crippen molar-refractivity contribution in [3.05, 3.63) is 33.2 Å². The molecule has 14 heavy (non-hydrogen) atoms. The predicted octanol–water partition coefficient (Wildman–Crippen LogP) is 1.32. The highest BCUT2D eigenvalue weighted by Gasteiger charge is 2.21. The van der Waals surface area contributed by atoms with Crippen LogP contribution in [0, 0.1) is 6.92 Å². The monoisotopic (exact) mass is 203 g/mol. The second-order valence-electron chi connectivity index (χ2n) is 2.68. The van der Waals surface area contributed by atoms with Crippen LogP contribution in [-0.4, -0.2) is 16.1 Å². The van der Waals surface area contributed by atoms with Gasteiger partial charge in [-0.05, 0) is 6.92 Å². The van der Waals surface area contributed by atoms with E-state index in [1.54, 1.807) is 0 Å². The fourth-order valence-electron chi connectivity index (χ4n) is 1.11. The number of rotatable bonds is 2. The van der Waals surface area contributed by atoms with Gasteiger partial charge in [-0.15, -0.1) is 0 Å². The van der Waals surface area contributed by atoms with Crippen LogP contribution in [0.2, 0.25) is 0 Å². The Labute approximate surface area is 77.2 Å². The number of hydrogen-bond acceptors (Lipinski definition) is 2. The zero-order valence-electron chi connectivity index (χ0n) is 7.17. The van der Waals surface area contributed by atoms with Crippen molar-refractivity contribution < 1.29 is 18.7 Å². The van der Waals surface area contributed by atoms with Crippen LogP contribution >= 0.6 is 0 Å². The van der Waals surface area contributed by atoms with Gasteiger partial charge < -0.3 is 10.1 Å². The molecule has 1 rings (SSSR count). The summed E-state index contributed by atoms with van der Waals surface area (Å²) < 4.78 is 24.6. The molecule has 4 nitrogen and oxygen atoms in total. The number of carboxylic acid groups (broad SMARTS) is 1. The minimum Gasteiger partial charge on any atom is -0.478 e. The summed E-state index contributed by atoms with van der Waals surface area (Å²) in [6.07, 6.45) is -2.19. The molecule has 0 aromatic carbocycles. The maximum atomic E-state index is 12.3. The molecule has 0 saturated heterocycles. The number of nitrogens with one attached hydrogen (secondary N) is 1. The third-order valence-corrected chi connectivity index (χ3v) is 1.81. The maximum absolute atomic E-state index is 12.3. The summed E-state index contributed by atoms with van der Waals surface area (Å²) in [6, 6.07) is 0. The average Bonchev–Trinajstić information content (AvgIpc) is 2.08. The van der Waals surface area contributed by atoms with Gasteiger partial charge in [-0.3, -0.25) is 4.79 Å². The van der Waals surface area contributed by atoms with Crippen molar-refractivity contribution in [1.82, 2.24) is 4.98 Å². The molecule has 0 aliphatic carbocycles. The van der Waals surface area contributed by atoms with Crippen molar-refractivity contribution >= 4 is 5.97 Å². The number of halogens is 2. The Bertz CT molecular complexity index is 425. The quantitative estimate of drug-likeness (QED) is 0.761. The third-order valence-electron chi connectivity index (χ3n) is 1.81. The van der Waals surface area contributed by atoms with E-state index >= 15 is 0 Å². The highest BCUT2D eigenvalue weighted by molar-refractivity contribution is 5.90. The van der Waals surface area contributed by atoms with Crippen molar-refractivity contribution in [3.8, 4) is 0 Å². The lowest BCUT2D eigenvalue weighted by Gasteiger charge is -2.06. The number of alkyl halides is 2. The molecule has 0 spiro atoms. The number of aromatic carboxylic acids is 1. The van der Waals surface area contributed by atoms with Gasteiger partial charge in [-0.2, -0.15) is 0 Å². The number of aromatic amines is 1. The second kappa shape index (κ2) is 3.57. The molecule has 1 aromatic heterocycles. The van der Waals surface area contributed by atoms with Gasteiger partial charge in [0.2, 0.25) is 0 Å². The molecule has 1 aromatic rings. The van der Waals surface area contributed by atoms with E-state index < -0.39 is 29.1 Å². The summed E-state index contributed by atoms with van der Waals surface area (Å²) in [6.45, 7) is 1.19. The lowest BCUT2D eigenvalue weighted by Crippen LogP contribution is -2.17. The molecule has 0 amide bonds. The fraction of sp³-hybridized carbons (Fsp3) is 0.250.